The zero-order valence-electron chi connectivity index (χ0n) is 7.90. The molecule has 0 heterocycles. The van der Waals surface area contributed by atoms with Gasteiger partial charge in [0, 0.05) is 14.1 Å². The summed E-state index contributed by atoms with van der Waals surface area (Å²) in [5.41, 5.74) is 0.224. The molecule has 1 N–H and O–H groups in total. The van der Waals surface area contributed by atoms with E-state index in [1.807, 2.05) is 14.1 Å². The average Bonchev–Trinajstić information content (AvgIpc) is 2.01. The predicted octanol–water partition coefficient (Wildman–Crippen LogP) is 0.986. The molecule has 0 bridgehead atoms. The van der Waals surface area contributed by atoms with Gasteiger partial charge in [-0.25, -0.2) is 4.79 Å². The van der Waals surface area contributed by atoms with Crippen LogP contribution in [0.3, 0.4) is 0 Å². The van der Waals surface area contributed by atoms with E-state index >= 15 is 0 Å². The number of carboxylic acid groups (broad SMARTS) is 1. The van der Waals surface area contributed by atoms with E-state index in [0.29, 0.717) is 5.57 Å². The lowest BCUT2D eigenvalue weighted by molar-refractivity contribution is -0.132. The minimum absolute atomic E-state index is 0.224. The van der Waals surface area contributed by atoms with Crippen molar-refractivity contribution in [2.45, 2.75) is 6.92 Å². The third-order valence-electron chi connectivity index (χ3n) is 1.34. The summed E-state index contributed by atoms with van der Waals surface area (Å²) >= 11 is 0. The molecular weight excluding hydrogens is 168 g/mol. The van der Waals surface area contributed by atoms with Gasteiger partial charge in [0.2, 0.25) is 0 Å². The third kappa shape index (κ3) is 3.97. The Bertz CT molecular complexity index is 295. The zero-order chi connectivity index (χ0) is 10.4. The average molecular weight is 180 g/mol. The van der Waals surface area contributed by atoms with Crippen molar-refractivity contribution in [2.24, 2.45) is 0 Å². The number of hydrogen-bond donors (Lipinski definition) is 1. The smallest absolute Gasteiger partial charge is 0.346 e. The Morgan fingerprint density at radius 1 is 1.54 bits per heavy atom. The van der Waals surface area contributed by atoms with Crippen LogP contribution < -0.4 is 0 Å². The highest BCUT2D eigenvalue weighted by molar-refractivity contribution is 5.92. The summed E-state index contributed by atoms with van der Waals surface area (Å²) in [5, 5.41) is 17.1. The van der Waals surface area contributed by atoms with Crippen molar-refractivity contribution in [3.05, 3.63) is 23.4 Å². The van der Waals surface area contributed by atoms with Gasteiger partial charge in [0.1, 0.15) is 11.6 Å². The molecule has 0 aliphatic carbocycles. The van der Waals surface area contributed by atoms with Crippen molar-refractivity contribution in [1.82, 2.24) is 4.90 Å². The maximum atomic E-state index is 10.5. The van der Waals surface area contributed by atoms with Crippen molar-refractivity contribution in [2.75, 3.05) is 14.1 Å². The lowest BCUT2D eigenvalue weighted by Crippen LogP contribution is -2.03. The van der Waals surface area contributed by atoms with Crippen molar-refractivity contribution >= 4 is 5.97 Å². The van der Waals surface area contributed by atoms with Gasteiger partial charge in [-0.1, -0.05) is 0 Å². The topological polar surface area (TPSA) is 64.3 Å². The van der Waals surface area contributed by atoms with Crippen molar-refractivity contribution in [1.29, 1.82) is 5.26 Å². The number of carbonyl (C=O) groups is 1. The summed E-state index contributed by atoms with van der Waals surface area (Å²) in [6.07, 6.45) is 3.28. The molecule has 0 saturated heterocycles. The fourth-order valence-corrected chi connectivity index (χ4v) is 0.649. The quantitative estimate of drug-likeness (QED) is 0.399. The van der Waals surface area contributed by atoms with E-state index in [1.54, 1.807) is 30.2 Å². The second-order valence-corrected chi connectivity index (χ2v) is 2.75. The molecule has 0 aromatic heterocycles. The summed E-state index contributed by atoms with van der Waals surface area (Å²) in [7, 11) is 3.63. The molecule has 0 saturated carbocycles. The second-order valence-electron chi connectivity index (χ2n) is 2.75. The van der Waals surface area contributed by atoms with Crippen LogP contribution in [0.1, 0.15) is 6.92 Å². The molecule has 0 spiro atoms. The standard InChI is InChI=1S/C9H12N2O2/c1-7(4-5-11(2)3)8(6-10)9(12)13/h4-5H,1-3H3,(H,12,13)/b5-4+,8-7+. The number of hydrogen-bond acceptors (Lipinski definition) is 3. The van der Waals surface area contributed by atoms with Gasteiger partial charge in [0.15, 0.2) is 0 Å². The Labute approximate surface area is 77.4 Å². The Balaban J connectivity index is 4.80. The maximum Gasteiger partial charge on any atom is 0.346 e. The molecule has 13 heavy (non-hydrogen) atoms. The van der Waals surface area contributed by atoms with Gasteiger partial charge in [-0.05, 0) is 24.8 Å². The van der Waals surface area contributed by atoms with E-state index in [0.717, 1.165) is 0 Å². The van der Waals surface area contributed by atoms with Crippen LogP contribution in [0.4, 0.5) is 0 Å². The van der Waals surface area contributed by atoms with Crippen LogP contribution >= 0.6 is 0 Å². The van der Waals surface area contributed by atoms with Crippen LogP contribution in [0.2, 0.25) is 0 Å². The van der Waals surface area contributed by atoms with Crippen molar-refractivity contribution < 1.29 is 9.90 Å². The Morgan fingerprint density at radius 2 is 2.08 bits per heavy atom. The molecule has 0 fully saturated rings. The molecule has 70 valence electrons. The van der Waals surface area contributed by atoms with E-state index in [9.17, 15) is 4.79 Å². The van der Waals surface area contributed by atoms with Crippen LogP contribution in [0.5, 0.6) is 0 Å². The monoisotopic (exact) mass is 180 g/mol. The molecular formula is C9H12N2O2. The molecule has 4 nitrogen and oxygen atoms in total. The summed E-state index contributed by atoms with van der Waals surface area (Å²) in [5.74, 6) is -1.19. The lowest BCUT2D eigenvalue weighted by atomic mass is 10.1. The molecule has 0 radical (unpaired) electrons. The van der Waals surface area contributed by atoms with Gasteiger partial charge in [-0.15, -0.1) is 0 Å². The minimum atomic E-state index is -1.19. The molecule has 0 aromatic rings. The van der Waals surface area contributed by atoms with Crippen LogP contribution in [0.15, 0.2) is 23.4 Å². The van der Waals surface area contributed by atoms with Crippen LogP contribution in [0, 0.1) is 11.3 Å². The van der Waals surface area contributed by atoms with Gasteiger partial charge in [-0.2, -0.15) is 5.26 Å². The summed E-state index contributed by atoms with van der Waals surface area (Å²) in [6.45, 7) is 1.59. The highest BCUT2D eigenvalue weighted by Gasteiger charge is 2.07. The third-order valence-corrected chi connectivity index (χ3v) is 1.34. The Morgan fingerprint density at radius 3 is 2.38 bits per heavy atom. The summed E-state index contributed by atoms with van der Waals surface area (Å²) in [6, 6.07) is 1.64. The molecule has 0 unspecified atom stereocenters. The maximum absolute atomic E-state index is 10.5. The van der Waals surface area contributed by atoms with Crippen LogP contribution in [-0.4, -0.2) is 30.1 Å². The van der Waals surface area contributed by atoms with Gasteiger partial charge < -0.3 is 10.0 Å². The highest BCUT2D eigenvalue weighted by atomic mass is 16.4. The summed E-state index contributed by atoms with van der Waals surface area (Å²) in [4.78, 5) is 12.3. The second kappa shape index (κ2) is 4.99. The largest absolute Gasteiger partial charge is 0.477 e. The first-order valence-corrected chi connectivity index (χ1v) is 3.68. The Hall–Kier alpha value is -1.76. The fourth-order valence-electron chi connectivity index (χ4n) is 0.649. The number of rotatable bonds is 3. The zero-order valence-corrected chi connectivity index (χ0v) is 7.90. The van der Waals surface area contributed by atoms with Gasteiger partial charge in [0.05, 0.1) is 0 Å². The first kappa shape index (κ1) is 11.2. The first-order valence-electron chi connectivity index (χ1n) is 3.68. The van der Waals surface area contributed by atoms with Crippen molar-refractivity contribution in [3.63, 3.8) is 0 Å². The molecule has 0 aliphatic rings. The van der Waals surface area contributed by atoms with E-state index in [2.05, 4.69) is 0 Å². The molecule has 0 rings (SSSR count). The number of allylic oxidation sites excluding steroid dienone is 2. The van der Waals surface area contributed by atoms with E-state index < -0.39 is 5.97 Å². The SMILES string of the molecule is CC(/C=C/N(C)C)=C(/C#N)C(=O)O. The van der Waals surface area contributed by atoms with E-state index in [4.69, 9.17) is 10.4 Å². The van der Waals surface area contributed by atoms with Gasteiger partial charge in [-0.3, -0.25) is 0 Å². The van der Waals surface area contributed by atoms with Crippen LogP contribution in [-0.2, 0) is 4.79 Å². The molecule has 4 heteroatoms. The number of nitriles is 1. The summed E-state index contributed by atoms with van der Waals surface area (Å²) < 4.78 is 0. The number of carboxylic acids is 1. The first-order chi connectivity index (χ1) is 5.99. The molecule has 0 aromatic carbocycles. The highest BCUT2D eigenvalue weighted by Crippen LogP contribution is 2.04. The predicted molar refractivity (Wildman–Crippen MR) is 48.8 cm³/mol. The lowest BCUT2D eigenvalue weighted by Gasteiger charge is -2.03. The number of aliphatic carboxylic acids is 1. The van der Waals surface area contributed by atoms with Crippen LogP contribution in [0.25, 0.3) is 0 Å². The molecule has 0 amide bonds. The Kier molecular flexibility index (Phi) is 4.31. The minimum Gasteiger partial charge on any atom is -0.477 e. The molecule has 0 atom stereocenters. The fraction of sp³-hybridized carbons (Fsp3) is 0.333. The number of nitrogens with zero attached hydrogens (tertiary/aromatic N) is 2. The van der Waals surface area contributed by atoms with Gasteiger partial charge in [0.25, 0.3) is 0 Å². The van der Waals surface area contributed by atoms with Crippen molar-refractivity contribution in [3.8, 4) is 6.07 Å². The van der Waals surface area contributed by atoms with Gasteiger partial charge >= 0.3 is 5.97 Å². The van der Waals surface area contributed by atoms with E-state index in [1.165, 1.54) is 0 Å². The molecule has 0 aliphatic heterocycles. The van der Waals surface area contributed by atoms with E-state index in [-0.39, 0.29) is 5.57 Å². The normalized spacial score (nSPS) is 12.2.